The number of nitrogens with two attached hydrogens (primary N) is 1. The minimum atomic E-state index is -0.227. The van der Waals surface area contributed by atoms with E-state index in [0.717, 1.165) is 20.9 Å². The van der Waals surface area contributed by atoms with Gasteiger partial charge in [-0.1, -0.05) is 6.07 Å². The van der Waals surface area contributed by atoms with Crippen LogP contribution in [0.4, 0.5) is 4.39 Å². The Hall–Kier alpha value is -1.69. The van der Waals surface area contributed by atoms with Crippen molar-refractivity contribution in [2.24, 2.45) is 5.73 Å². The third-order valence-corrected chi connectivity index (χ3v) is 4.32. The first-order valence-electron chi connectivity index (χ1n) is 6.28. The van der Waals surface area contributed by atoms with Gasteiger partial charge in [0.05, 0.1) is 12.9 Å². The van der Waals surface area contributed by atoms with Crippen LogP contribution < -0.4 is 5.73 Å². The van der Waals surface area contributed by atoms with Crippen LogP contribution in [0, 0.1) is 5.82 Å². The molecule has 0 aliphatic carbocycles. The van der Waals surface area contributed by atoms with E-state index in [4.69, 9.17) is 14.9 Å². The predicted molar refractivity (Wildman–Crippen MR) is 76.9 cm³/mol. The lowest BCUT2D eigenvalue weighted by atomic mass is 10.1. The summed E-state index contributed by atoms with van der Waals surface area (Å²) >= 11 is 1.52. The topological polar surface area (TPSA) is 48.4 Å². The summed E-state index contributed by atoms with van der Waals surface area (Å²) in [5.74, 6) is 0.523. The van der Waals surface area contributed by atoms with Gasteiger partial charge in [0.25, 0.3) is 0 Å². The highest BCUT2D eigenvalue weighted by Crippen LogP contribution is 2.33. The average molecular weight is 291 g/mol. The summed E-state index contributed by atoms with van der Waals surface area (Å²) in [6.45, 7) is 1.08. The highest BCUT2D eigenvalue weighted by Gasteiger charge is 2.14. The summed E-state index contributed by atoms with van der Waals surface area (Å²) in [6, 6.07) is 8.73. The molecule has 0 unspecified atom stereocenters. The van der Waals surface area contributed by atoms with E-state index in [9.17, 15) is 4.39 Å². The molecule has 2 heterocycles. The van der Waals surface area contributed by atoms with Crippen molar-refractivity contribution in [3.63, 3.8) is 0 Å². The molecule has 3 nitrogen and oxygen atoms in total. The van der Waals surface area contributed by atoms with Crippen LogP contribution in [-0.2, 0) is 24.5 Å². The number of halogens is 1. The number of hydrogen-bond donors (Lipinski definition) is 1. The van der Waals surface area contributed by atoms with Crippen LogP contribution in [-0.4, -0.2) is 0 Å². The van der Waals surface area contributed by atoms with Crippen molar-refractivity contribution < 1.29 is 13.5 Å². The molecule has 20 heavy (non-hydrogen) atoms. The summed E-state index contributed by atoms with van der Waals surface area (Å²) in [5, 5.41) is 0.623. The van der Waals surface area contributed by atoms with Crippen LogP contribution in [0.15, 0.2) is 41.0 Å². The second-order valence-electron chi connectivity index (χ2n) is 4.39. The van der Waals surface area contributed by atoms with Gasteiger partial charge in [-0.25, -0.2) is 4.39 Å². The smallest absolute Gasteiger partial charge is 0.132 e. The Morgan fingerprint density at radius 3 is 2.85 bits per heavy atom. The van der Waals surface area contributed by atoms with Gasteiger partial charge >= 0.3 is 0 Å². The number of benzene rings is 1. The molecule has 3 rings (SSSR count). The van der Waals surface area contributed by atoms with Crippen molar-refractivity contribution >= 4 is 21.4 Å². The first-order valence-corrected chi connectivity index (χ1v) is 7.10. The maximum Gasteiger partial charge on any atom is 0.132 e. The lowest BCUT2D eigenvalue weighted by Crippen LogP contribution is -2.00. The first-order chi connectivity index (χ1) is 9.79. The zero-order valence-electron chi connectivity index (χ0n) is 10.8. The summed E-state index contributed by atoms with van der Waals surface area (Å²) in [7, 11) is 0. The van der Waals surface area contributed by atoms with Crippen LogP contribution >= 0.6 is 11.3 Å². The minimum Gasteiger partial charge on any atom is -0.467 e. The molecule has 0 atom stereocenters. The lowest BCUT2D eigenvalue weighted by Gasteiger charge is -2.05. The van der Waals surface area contributed by atoms with Crippen molar-refractivity contribution in [1.29, 1.82) is 0 Å². The molecule has 0 amide bonds. The van der Waals surface area contributed by atoms with Gasteiger partial charge < -0.3 is 14.9 Å². The van der Waals surface area contributed by atoms with Crippen molar-refractivity contribution in [1.82, 2.24) is 0 Å². The fourth-order valence-corrected chi connectivity index (χ4v) is 3.28. The van der Waals surface area contributed by atoms with Gasteiger partial charge in [0.15, 0.2) is 0 Å². The molecule has 0 saturated carbocycles. The van der Waals surface area contributed by atoms with Crippen LogP contribution in [0.25, 0.3) is 10.1 Å². The highest BCUT2D eigenvalue weighted by molar-refractivity contribution is 7.19. The van der Waals surface area contributed by atoms with Gasteiger partial charge in [-0.05, 0) is 24.3 Å². The molecule has 2 N–H and O–H groups in total. The van der Waals surface area contributed by atoms with Crippen molar-refractivity contribution in [2.75, 3.05) is 0 Å². The highest BCUT2D eigenvalue weighted by atomic mass is 32.1. The van der Waals surface area contributed by atoms with Crippen molar-refractivity contribution in [3.8, 4) is 0 Å². The Morgan fingerprint density at radius 2 is 2.10 bits per heavy atom. The Balaban J connectivity index is 1.85. The van der Waals surface area contributed by atoms with Gasteiger partial charge in [0, 0.05) is 27.1 Å². The second-order valence-corrected chi connectivity index (χ2v) is 5.53. The van der Waals surface area contributed by atoms with E-state index in [1.54, 1.807) is 12.3 Å². The van der Waals surface area contributed by atoms with E-state index in [1.807, 2.05) is 18.2 Å². The van der Waals surface area contributed by atoms with Gasteiger partial charge in [-0.2, -0.15) is 0 Å². The maximum atomic E-state index is 14.0. The molecule has 0 saturated heterocycles. The number of fused-ring (bicyclic) bond motifs is 1. The SMILES string of the molecule is NCc1sc2cccc(F)c2c1COCc1ccco1. The maximum absolute atomic E-state index is 14.0. The Kier molecular flexibility index (Phi) is 3.82. The van der Waals surface area contributed by atoms with E-state index in [1.165, 1.54) is 17.4 Å². The number of rotatable bonds is 5. The van der Waals surface area contributed by atoms with E-state index >= 15 is 0 Å². The standard InChI is InChI=1S/C15H14FNO2S/c16-12-4-1-5-13-15(12)11(14(7-17)20-13)9-18-8-10-3-2-6-19-10/h1-6H,7-9,17H2. The molecule has 3 aromatic rings. The molecule has 0 aliphatic heterocycles. The summed E-state index contributed by atoms with van der Waals surface area (Å²) in [4.78, 5) is 0.963. The van der Waals surface area contributed by atoms with Crippen LogP contribution in [0.1, 0.15) is 16.2 Å². The summed E-state index contributed by atoms with van der Waals surface area (Å²) in [6.07, 6.45) is 1.60. The van der Waals surface area contributed by atoms with Gasteiger partial charge in [-0.3, -0.25) is 0 Å². The van der Waals surface area contributed by atoms with Crippen LogP contribution in [0.3, 0.4) is 0 Å². The number of ether oxygens (including phenoxy) is 1. The molecule has 104 valence electrons. The fraction of sp³-hybridized carbons (Fsp3) is 0.200. The molecule has 0 aliphatic rings. The zero-order chi connectivity index (χ0) is 13.9. The fourth-order valence-electron chi connectivity index (χ4n) is 2.18. The van der Waals surface area contributed by atoms with E-state index in [-0.39, 0.29) is 5.82 Å². The van der Waals surface area contributed by atoms with Gasteiger partial charge in [-0.15, -0.1) is 11.3 Å². The monoisotopic (exact) mass is 291 g/mol. The van der Waals surface area contributed by atoms with Gasteiger partial charge in [0.2, 0.25) is 0 Å². The van der Waals surface area contributed by atoms with Crippen molar-refractivity contribution in [3.05, 3.63) is 58.6 Å². The zero-order valence-corrected chi connectivity index (χ0v) is 11.6. The Morgan fingerprint density at radius 1 is 1.20 bits per heavy atom. The third kappa shape index (κ3) is 2.47. The van der Waals surface area contributed by atoms with E-state index in [2.05, 4.69) is 0 Å². The normalized spacial score (nSPS) is 11.3. The molecule has 0 radical (unpaired) electrons. The molecule has 0 fully saturated rings. The number of hydrogen-bond acceptors (Lipinski definition) is 4. The summed E-state index contributed by atoms with van der Waals surface area (Å²) in [5.41, 5.74) is 6.59. The second kappa shape index (κ2) is 5.75. The molecule has 5 heteroatoms. The molecular formula is C15H14FNO2S. The molecule has 2 aromatic heterocycles. The van der Waals surface area contributed by atoms with Crippen LogP contribution in [0.2, 0.25) is 0 Å². The molecule has 1 aromatic carbocycles. The first kappa shape index (κ1) is 13.3. The minimum absolute atomic E-state index is 0.227. The Bertz CT molecular complexity index is 706. The van der Waals surface area contributed by atoms with E-state index in [0.29, 0.717) is 25.1 Å². The quantitative estimate of drug-likeness (QED) is 0.777. The largest absolute Gasteiger partial charge is 0.467 e. The van der Waals surface area contributed by atoms with Gasteiger partial charge in [0.1, 0.15) is 18.2 Å². The van der Waals surface area contributed by atoms with Crippen molar-refractivity contribution in [2.45, 2.75) is 19.8 Å². The number of thiophene rings is 1. The lowest BCUT2D eigenvalue weighted by molar-refractivity contribution is 0.0934. The molecule has 0 spiro atoms. The average Bonchev–Trinajstić information content (AvgIpc) is 3.07. The predicted octanol–water partition coefficient (Wildman–Crippen LogP) is 3.81. The van der Waals surface area contributed by atoms with E-state index < -0.39 is 0 Å². The van der Waals surface area contributed by atoms with Crippen LogP contribution in [0.5, 0.6) is 0 Å². The molecule has 0 bridgehead atoms. The summed E-state index contributed by atoms with van der Waals surface area (Å²) < 4.78 is 25.7. The Labute approximate surface area is 119 Å². The molecular weight excluding hydrogens is 277 g/mol. The number of furan rings is 1. The third-order valence-electron chi connectivity index (χ3n) is 3.10.